The van der Waals surface area contributed by atoms with Crippen molar-refractivity contribution in [3.63, 3.8) is 0 Å². The molecule has 3 heteroatoms. The Labute approximate surface area is 102 Å². The van der Waals surface area contributed by atoms with E-state index in [1.165, 1.54) is 0 Å². The van der Waals surface area contributed by atoms with Crippen LogP contribution in [0.3, 0.4) is 0 Å². The summed E-state index contributed by atoms with van der Waals surface area (Å²) < 4.78 is 0. The van der Waals surface area contributed by atoms with Gasteiger partial charge in [-0.05, 0) is 16.9 Å². The molecule has 1 rings (SSSR count). The molecule has 1 aromatic rings. The van der Waals surface area contributed by atoms with E-state index in [0.717, 1.165) is 11.1 Å². The van der Waals surface area contributed by atoms with E-state index >= 15 is 0 Å². The van der Waals surface area contributed by atoms with Gasteiger partial charge in [0.1, 0.15) is 0 Å². The maximum absolute atomic E-state index is 11.1. The Morgan fingerprint density at radius 3 is 2.41 bits per heavy atom. The molecule has 0 aliphatic carbocycles. The zero-order chi connectivity index (χ0) is 13.2. The molecule has 0 radical (unpaired) electrons. The third-order valence-corrected chi connectivity index (χ3v) is 2.91. The summed E-state index contributed by atoms with van der Waals surface area (Å²) in [6.07, 6.45) is 1.79. The summed E-state index contributed by atoms with van der Waals surface area (Å²) in [7, 11) is 0. The maximum Gasteiger partial charge on any atom is 0.273 e. The molecular formula is C14H19NO2. The highest BCUT2D eigenvalue weighted by molar-refractivity contribution is 5.48. The predicted molar refractivity (Wildman–Crippen MR) is 70.4 cm³/mol. The van der Waals surface area contributed by atoms with Gasteiger partial charge in [0, 0.05) is 11.6 Å². The number of hydrogen-bond acceptors (Lipinski definition) is 2. The molecule has 0 spiro atoms. The lowest BCUT2D eigenvalue weighted by atomic mass is 9.84. The van der Waals surface area contributed by atoms with E-state index < -0.39 is 0 Å². The van der Waals surface area contributed by atoms with E-state index in [-0.39, 0.29) is 21.9 Å². The minimum Gasteiger partial charge on any atom is -0.258 e. The lowest BCUT2D eigenvalue weighted by Gasteiger charge is -2.19. The van der Waals surface area contributed by atoms with E-state index in [2.05, 4.69) is 6.58 Å². The molecule has 1 aromatic carbocycles. The molecule has 0 N–H and O–H groups in total. The zero-order valence-electron chi connectivity index (χ0n) is 10.9. The maximum atomic E-state index is 11.1. The van der Waals surface area contributed by atoms with Gasteiger partial charge in [0.05, 0.1) is 4.92 Å². The first kappa shape index (κ1) is 13.4. The van der Waals surface area contributed by atoms with Crippen molar-refractivity contribution in [2.24, 2.45) is 0 Å². The van der Waals surface area contributed by atoms with Crippen molar-refractivity contribution < 1.29 is 4.92 Å². The summed E-state index contributed by atoms with van der Waals surface area (Å²) in [6.45, 7) is 11.6. The molecule has 3 nitrogen and oxygen atoms in total. The fraction of sp³-hybridized carbons (Fsp3) is 0.429. The summed E-state index contributed by atoms with van der Waals surface area (Å²) in [5, 5.41) is 11.1. The van der Waals surface area contributed by atoms with Gasteiger partial charge in [-0.15, -0.1) is 6.58 Å². The largest absolute Gasteiger partial charge is 0.273 e. The lowest BCUT2D eigenvalue weighted by molar-refractivity contribution is -0.386. The van der Waals surface area contributed by atoms with Crippen LogP contribution in [0.5, 0.6) is 0 Å². The molecule has 0 aliphatic rings. The van der Waals surface area contributed by atoms with Crippen molar-refractivity contribution in [2.75, 3.05) is 0 Å². The Kier molecular flexibility index (Phi) is 3.71. The fourth-order valence-electron chi connectivity index (χ4n) is 1.75. The van der Waals surface area contributed by atoms with E-state index in [9.17, 15) is 10.1 Å². The van der Waals surface area contributed by atoms with Gasteiger partial charge >= 0.3 is 0 Å². The lowest BCUT2D eigenvalue weighted by Crippen LogP contribution is -2.14. The van der Waals surface area contributed by atoms with Crippen molar-refractivity contribution in [2.45, 2.75) is 39.0 Å². The first-order valence-corrected chi connectivity index (χ1v) is 5.68. The second kappa shape index (κ2) is 4.70. The van der Waals surface area contributed by atoms with Gasteiger partial charge < -0.3 is 0 Å². The summed E-state index contributed by atoms with van der Waals surface area (Å²) in [6, 6.07) is 5.46. The fourth-order valence-corrected chi connectivity index (χ4v) is 1.75. The van der Waals surface area contributed by atoms with Crippen molar-refractivity contribution in [3.8, 4) is 0 Å². The standard InChI is InChI=1S/C14H19NO2/c1-6-10(2)11-7-8-12(14(3,4)5)13(9-11)15(16)17/h6-10H,1H2,2-5H3. The van der Waals surface area contributed by atoms with Gasteiger partial charge in [0.2, 0.25) is 0 Å². The van der Waals surface area contributed by atoms with Crippen molar-refractivity contribution >= 4 is 5.69 Å². The van der Waals surface area contributed by atoms with Crippen LogP contribution in [-0.4, -0.2) is 4.92 Å². The number of nitro groups is 1. The average molecular weight is 233 g/mol. The molecule has 0 amide bonds. The van der Waals surface area contributed by atoms with Gasteiger partial charge in [0.25, 0.3) is 5.69 Å². The van der Waals surface area contributed by atoms with Crippen molar-refractivity contribution in [1.82, 2.24) is 0 Å². The van der Waals surface area contributed by atoms with Gasteiger partial charge in [-0.1, -0.05) is 45.9 Å². The Balaban J connectivity index is 3.37. The van der Waals surface area contributed by atoms with Crippen LogP contribution in [0.1, 0.15) is 44.7 Å². The van der Waals surface area contributed by atoms with E-state index in [1.54, 1.807) is 12.1 Å². The topological polar surface area (TPSA) is 43.1 Å². The van der Waals surface area contributed by atoms with Crippen LogP contribution >= 0.6 is 0 Å². The Hall–Kier alpha value is -1.64. The second-order valence-electron chi connectivity index (χ2n) is 5.31. The number of allylic oxidation sites excluding steroid dienone is 1. The molecule has 92 valence electrons. The van der Waals surface area contributed by atoms with Gasteiger partial charge in [-0.3, -0.25) is 10.1 Å². The van der Waals surface area contributed by atoms with E-state index in [4.69, 9.17) is 0 Å². The van der Waals surface area contributed by atoms with Crippen LogP contribution in [0, 0.1) is 10.1 Å². The molecular weight excluding hydrogens is 214 g/mol. The summed E-state index contributed by atoms with van der Waals surface area (Å²) in [4.78, 5) is 10.8. The minimum absolute atomic E-state index is 0.128. The first-order valence-electron chi connectivity index (χ1n) is 5.68. The first-order chi connectivity index (χ1) is 7.77. The summed E-state index contributed by atoms with van der Waals surface area (Å²) in [5.41, 5.74) is 1.67. The van der Waals surface area contributed by atoms with Crippen molar-refractivity contribution in [1.29, 1.82) is 0 Å². The third kappa shape index (κ3) is 2.93. The Morgan fingerprint density at radius 1 is 1.41 bits per heavy atom. The summed E-state index contributed by atoms with van der Waals surface area (Å²) in [5.74, 6) is 0.128. The van der Waals surface area contributed by atoms with E-state index in [0.29, 0.717) is 0 Å². The quantitative estimate of drug-likeness (QED) is 0.446. The zero-order valence-corrected chi connectivity index (χ0v) is 10.9. The molecule has 0 fully saturated rings. The molecule has 0 aromatic heterocycles. The van der Waals surface area contributed by atoms with Crippen LogP contribution in [0.25, 0.3) is 0 Å². The van der Waals surface area contributed by atoms with Crippen molar-refractivity contribution in [3.05, 3.63) is 52.1 Å². The molecule has 0 aliphatic heterocycles. The van der Waals surface area contributed by atoms with Crippen LogP contribution in [0.2, 0.25) is 0 Å². The molecule has 1 unspecified atom stereocenters. The van der Waals surface area contributed by atoms with Crippen LogP contribution in [0.4, 0.5) is 5.69 Å². The molecule has 0 saturated heterocycles. The van der Waals surface area contributed by atoms with E-state index in [1.807, 2.05) is 39.8 Å². The average Bonchev–Trinajstić information content (AvgIpc) is 2.25. The van der Waals surface area contributed by atoms with Gasteiger partial charge in [-0.2, -0.15) is 0 Å². The molecule has 0 bridgehead atoms. The molecule has 0 saturated carbocycles. The highest BCUT2D eigenvalue weighted by atomic mass is 16.6. The molecule has 17 heavy (non-hydrogen) atoms. The normalized spacial score (nSPS) is 13.2. The number of nitrogens with zero attached hydrogens (tertiary/aromatic N) is 1. The Morgan fingerprint density at radius 2 is 2.00 bits per heavy atom. The number of hydrogen-bond donors (Lipinski definition) is 0. The second-order valence-corrected chi connectivity index (χ2v) is 5.31. The minimum atomic E-state index is -0.306. The number of benzene rings is 1. The molecule has 0 heterocycles. The summed E-state index contributed by atoms with van der Waals surface area (Å²) >= 11 is 0. The predicted octanol–water partition coefficient (Wildman–Crippen LogP) is 4.18. The van der Waals surface area contributed by atoms with Gasteiger partial charge in [0.15, 0.2) is 0 Å². The van der Waals surface area contributed by atoms with Gasteiger partial charge in [-0.25, -0.2) is 0 Å². The monoisotopic (exact) mass is 233 g/mol. The smallest absolute Gasteiger partial charge is 0.258 e. The highest BCUT2D eigenvalue weighted by Crippen LogP contribution is 2.33. The van der Waals surface area contributed by atoms with Crippen LogP contribution in [-0.2, 0) is 5.41 Å². The highest BCUT2D eigenvalue weighted by Gasteiger charge is 2.25. The third-order valence-electron chi connectivity index (χ3n) is 2.91. The number of nitro benzene ring substituents is 1. The SMILES string of the molecule is C=CC(C)c1ccc(C(C)(C)C)c([N+](=O)[O-])c1. The Bertz CT molecular complexity index is 444. The number of rotatable bonds is 3. The molecule has 1 atom stereocenters. The van der Waals surface area contributed by atoms with Crippen LogP contribution in [0.15, 0.2) is 30.9 Å². The van der Waals surface area contributed by atoms with Crippen LogP contribution < -0.4 is 0 Å².